The standard InChI is InChI=1S/C23H31N3O3S/c1-5-24-23(28)26(16(2)3)14-22(27)25-12-10-21-19(11-13-30-21)20(25)15-29-18-8-6-17(4)7-9-18/h6-9,11,13,16,20H,5,10,12,14-15H2,1-4H3,(H,24,28)/t20-/m1/s1. The Kier molecular flexibility index (Phi) is 7.37. The number of amides is 3. The summed E-state index contributed by atoms with van der Waals surface area (Å²) >= 11 is 1.73. The maximum Gasteiger partial charge on any atom is 0.318 e. The second kappa shape index (κ2) is 9.98. The van der Waals surface area contributed by atoms with Gasteiger partial charge in [-0.15, -0.1) is 11.3 Å². The van der Waals surface area contributed by atoms with Crippen LogP contribution in [0, 0.1) is 6.92 Å². The maximum atomic E-state index is 13.3. The zero-order chi connectivity index (χ0) is 21.7. The fourth-order valence-electron chi connectivity index (χ4n) is 3.66. The van der Waals surface area contributed by atoms with Gasteiger partial charge in [-0.25, -0.2) is 4.79 Å². The molecular formula is C23H31N3O3S. The number of urea groups is 1. The molecule has 6 nitrogen and oxygen atoms in total. The number of nitrogens with one attached hydrogen (secondary N) is 1. The van der Waals surface area contributed by atoms with Gasteiger partial charge in [-0.05, 0) is 63.3 Å². The number of hydrogen-bond donors (Lipinski definition) is 1. The van der Waals surface area contributed by atoms with Gasteiger partial charge in [-0.3, -0.25) is 4.79 Å². The number of aryl methyl sites for hydroxylation is 1. The highest BCUT2D eigenvalue weighted by molar-refractivity contribution is 7.10. The lowest BCUT2D eigenvalue weighted by molar-refractivity contribution is -0.135. The number of carbonyl (C=O) groups is 2. The summed E-state index contributed by atoms with van der Waals surface area (Å²) in [5.74, 6) is 0.741. The number of rotatable bonds is 7. The van der Waals surface area contributed by atoms with Gasteiger partial charge in [0.1, 0.15) is 18.9 Å². The van der Waals surface area contributed by atoms with Crippen LogP contribution in [-0.4, -0.2) is 54.0 Å². The van der Waals surface area contributed by atoms with Crippen molar-refractivity contribution >= 4 is 23.3 Å². The molecule has 0 radical (unpaired) electrons. The van der Waals surface area contributed by atoms with Crippen LogP contribution >= 0.6 is 11.3 Å². The third-order valence-electron chi connectivity index (χ3n) is 5.36. The third-order valence-corrected chi connectivity index (χ3v) is 6.36. The Labute approximate surface area is 182 Å². The van der Waals surface area contributed by atoms with E-state index in [0.717, 1.165) is 17.7 Å². The zero-order valence-electron chi connectivity index (χ0n) is 18.2. The van der Waals surface area contributed by atoms with Crippen molar-refractivity contribution in [1.29, 1.82) is 0 Å². The van der Waals surface area contributed by atoms with Gasteiger partial charge in [0.2, 0.25) is 5.91 Å². The summed E-state index contributed by atoms with van der Waals surface area (Å²) in [4.78, 5) is 30.4. The van der Waals surface area contributed by atoms with E-state index in [9.17, 15) is 9.59 Å². The number of fused-ring (bicyclic) bond motifs is 1. The lowest BCUT2D eigenvalue weighted by Crippen LogP contribution is -2.51. The van der Waals surface area contributed by atoms with Gasteiger partial charge in [0.05, 0.1) is 6.04 Å². The van der Waals surface area contributed by atoms with Gasteiger partial charge in [0, 0.05) is 24.0 Å². The van der Waals surface area contributed by atoms with Crippen LogP contribution in [0.4, 0.5) is 4.79 Å². The fraction of sp³-hybridized carbons (Fsp3) is 0.478. The molecule has 1 atom stereocenters. The van der Waals surface area contributed by atoms with Gasteiger partial charge in [-0.1, -0.05) is 17.7 Å². The Morgan fingerprint density at radius 3 is 2.67 bits per heavy atom. The average Bonchev–Trinajstić information content (AvgIpc) is 3.20. The molecule has 0 bridgehead atoms. The molecule has 0 saturated carbocycles. The zero-order valence-corrected chi connectivity index (χ0v) is 19.0. The largest absolute Gasteiger partial charge is 0.491 e. The number of hydrogen-bond acceptors (Lipinski definition) is 4. The van der Waals surface area contributed by atoms with Gasteiger partial charge in [0.15, 0.2) is 0 Å². The Bertz CT molecular complexity index is 863. The second-order valence-electron chi connectivity index (χ2n) is 7.83. The molecule has 30 heavy (non-hydrogen) atoms. The number of carbonyl (C=O) groups excluding carboxylic acids is 2. The molecule has 0 aliphatic carbocycles. The van der Waals surface area contributed by atoms with Crippen molar-refractivity contribution in [2.75, 3.05) is 26.2 Å². The number of nitrogens with zero attached hydrogens (tertiary/aromatic N) is 2. The van der Waals surface area contributed by atoms with Gasteiger partial charge < -0.3 is 19.9 Å². The van der Waals surface area contributed by atoms with E-state index in [1.165, 1.54) is 10.4 Å². The number of benzene rings is 1. The molecule has 2 heterocycles. The molecule has 3 amide bonds. The molecular weight excluding hydrogens is 398 g/mol. The quantitative estimate of drug-likeness (QED) is 0.724. The van der Waals surface area contributed by atoms with E-state index in [2.05, 4.69) is 16.8 Å². The van der Waals surface area contributed by atoms with Crippen molar-refractivity contribution in [3.05, 3.63) is 51.7 Å². The first-order chi connectivity index (χ1) is 14.4. The number of ether oxygens (including phenoxy) is 1. The highest BCUT2D eigenvalue weighted by Gasteiger charge is 2.33. The minimum atomic E-state index is -0.207. The smallest absolute Gasteiger partial charge is 0.318 e. The Morgan fingerprint density at radius 1 is 1.27 bits per heavy atom. The molecule has 0 saturated heterocycles. The SMILES string of the molecule is CCNC(=O)N(CC(=O)N1CCc2sccc2[C@H]1COc1ccc(C)cc1)C(C)C. The van der Waals surface area contributed by atoms with Crippen molar-refractivity contribution in [2.24, 2.45) is 0 Å². The van der Waals surface area contributed by atoms with Crippen LogP contribution in [0.15, 0.2) is 35.7 Å². The fourth-order valence-corrected chi connectivity index (χ4v) is 4.59. The third kappa shape index (κ3) is 5.14. The lowest BCUT2D eigenvalue weighted by Gasteiger charge is -2.37. The predicted octanol–water partition coefficient (Wildman–Crippen LogP) is 4.00. The molecule has 1 aromatic heterocycles. The molecule has 1 N–H and O–H groups in total. The van der Waals surface area contributed by atoms with Crippen LogP contribution < -0.4 is 10.1 Å². The summed E-state index contributed by atoms with van der Waals surface area (Å²) in [5, 5.41) is 4.88. The molecule has 162 valence electrons. The van der Waals surface area contributed by atoms with E-state index in [4.69, 9.17) is 4.74 Å². The number of thiophene rings is 1. The molecule has 7 heteroatoms. The summed E-state index contributed by atoms with van der Waals surface area (Å²) in [6, 6.07) is 9.60. The van der Waals surface area contributed by atoms with Crippen LogP contribution in [0.5, 0.6) is 5.75 Å². The van der Waals surface area contributed by atoms with Crippen LogP contribution in [-0.2, 0) is 11.2 Å². The molecule has 1 aromatic carbocycles. The van der Waals surface area contributed by atoms with Gasteiger partial charge in [0.25, 0.3) is 0 Å². The Morgan fingerprint density at radius 2 is 2.00 bits per heavy atom. The van der Waals surface area contributed by atoms with Crippen molar-refractivity contribution in [1.82, 2.24) is 15.1 Å². The molecule has 0 spiro atoms. The lowest BCUT2D eigenvalue weighted by atomic mass is 10.0. The minimum absolute atomic E-state index is 0.0516. The highest BCUT2D eigenvalue weighted by atomic mass is 32.1. The summed E-state index contributed by atoms with van der Waals surface area (Å²) in [6.07, 6.45) is 0.836. The Hall–Kier alpha value is -2.54. The van der Waals surface area contributed by atoms with Crippen LogP contribution in [0.2, 0.25) is 0 Å². The average molecular weight is 430 g/mol. The minimum Gasteiger partial charge on any atom is -0.491 e. The van der Waals surface area contributed by atoms with Gasteiger partial charge >= 0.3 is 6.03 Å². The van der Waals surface area contributed by atoms with E-state index in [1.807, 2.05) is 56.9 Å². The van der Waals surface area contributed by atoms with Crippen LogP contribution in [0.25, 0.3) is 0 Å². The second-order valence-corrected chi connectivity index (χ2v) is 8.83. The van der Waals surface area contributed by atoms with Crippen molar-refractivity contribution < 1.29 is 14.3 Å². The normalized spacial score (nSPS) is 15.6. The molecule has 3 rings (SSSR count). The van der Waals surface area contributed by atoms with E-state index in [-0.39, 0.29) is 30.6 Å². The molecule has 0 fully saturated rings. The van der Waals surface area contributed by atoms with Crippen LogP contribution in [0.1, 0.15) is 42.8 Å². The van der Waals surface area contributed by atoms with Crippen molar-refractivity contribution in [3.63, 3.8) is 0 Å². The maximum absolute atomic E-state index is 13.3. The van der Waals surface area contributed by atoms with Crippen LogP contribution in [0.3, 0.4) is 0 Å². The van der Waals surface area contributed by atoms with E-state index in [1.54, 1.807) is 16.2 Å². The summed E-state index contributed by atoms with van der Waals surface area (Å²) < 4.78 is 6.06. The van der Waals surface area contributed by atoms with E-state index < -0.39 is 0 Å². The summed E-state index contributed by atoms with van der Waals surface area (Å²) in [5.41, 5.74) is 2.33. The topological polar surface area (TPSA) is 61.9 Å². The Balaban J connectivity index is 1.76. The summed E-state index contributed by atoms with van der Waals surface area (Å²) in [6.45, 7) is 9.38. The molecule has 1 aliphatic rings. The monoisotopic (exact) mass is 429 g/mol. The molecule has 0 unspecified atom stereocenters. The first kappa shape index (κ1) is 22.2. The molecule has 2 aromatic rings. The van der Waals surface area contributed by atoms with E-state index in [0.29, 0.717) is 19.7 Å². The summed E-state index contributed by atoms with van der Waals surface area (Å²) in [7, 11) is 0. The predicted molar refractivity (Wildman–Crippen MR) is 120 cm³/mol. The van der Waals surface area contributed by atoms with Crippen molar-refractivity contribution in [2.45, 2.75) is 46.2 Å². The first-order valence-corrected chi connectivity index (χ1v) is 11.4. The molecule has 1 aliphatic heterocycles. The first-order valence-electron chi connectivity index (χ1n) is 10.5. The van der Waals surface area contributed by atoms with Crippen molar-refractivity contribution in [3.8, 4) is 5.75 Å². The van der Waals surface area contributed by atoms with Gasteiger partial charge in [-0.2, -0.15) is 0 Å². The van der Waals surface area contributed by atoms with E-state index >= 15 is 0 Å². The highest BCUT2D eigenvalue weighted by Crippen LogP contribution is 2.34.